The number of tetrazole rings is 1. The molecule has 11 heteroatoms. The fraction of sp³-hybridized carbons (Fsp3) is 0.556. The molecule has 1 saturated heterocycles. The largest absolute Gasteiger partial charge is 0.379 e. The van der Waals surface area contributed by atoms with E-state index in [1.54, 1.807) is 4.90 Å². The molecule has 0 aliphatic carbocycles. The van der Waals surface area contributed by atoms with Crippen LogP contribution in [-0.4, -0.2) is 67.6 Å². The van der Waals surface area contributed by atoms with E-state index < -0.39 is 0 Å². The summed E-state index contributed by atoms with van der Waals surface area (Å²) in [5, 5.41) is 18.1. The van der Waals surface area contributed by atoms with Crippen LogP contribution in [0.25, 0.3) is 11.5 Å². The Morgan fingerprint density at radius 1 is 1.30 bits per heavy atom. The first kappa shape index (κ1) is 12.5. The van der Waals surface area contributed by atoms with Crippen molar-refractivity contribution < 1.29 is 14.2 Å². The molecule has 106 valence electrons. The molecule has 1 fully saturated rings. The predicted octanol–water partition coefficient (Wildman–Crippen LogP) is -1.84. The number of amides is 1. The van der Waals surface area contributed by atoms with Gasteiger partial charge in [0, 0.05) is 13.1 Å². The summed E-state index contributed by atoms with van der Waals surface area (Å²) in [4.78, 5) is 13.8. The molecular formula is C9H12N8O3. The monoisotopic (exact) mass is 280 g/mol. The van der Waals surface area contributed by atoms with E-state index in [1.165, 1.54) is 4.68 Å². The molecule has 0 saturated carbocycles. The number of ether oxygens (including phenoxy) is 1. The number of anilines is 1. The van der Waals surface area contributed by atoms with Gasteiger partial charge in [0.1, 0.15) is 6.54 Å². The van der Waals surface area contributed by atoms with Gasteiger partial charge in [0.05, 0.1) is 13.2 Å². The molecule has 1 aliphatic rings. The summed E-state index contributed by atoms with van der Waals surface area (Å²) in [6.45, 7) is 2.19. The van der Waals surface area contributed by atoms with Crippen molar-refractivity contribution in [3.8, 4) is 11.5 Å². The lowest BCUT2D eigenvalue weighted by atomic mass is 10.3. The minimum absolute atomic E-state index is 0.00532. The van der Waals surface area contributed by atoms with Crippen LogP contribution < -0.4 is 5.73 Å². The average molecular weight is 280 g/mol. The number of nitrogens with zero attached hydrogens (tertiary/aromatic N) is 7. The summed E-state index contributed by atoms with van der Waals surface area (Å²) >= 11 is 0. The maximum absolute atomic E-state index is 12.1. The van der Waals surface area contributed by atoms with E-state index in [0.29, 0.717) is 26.3 Å². The van der Waals surface area contributed by atoms with Crippen molar-refractivity contribution in [2.45, 2.75) is 6.54 Å². The first-order chi connectivity index (χ1) is 9.75. The van der Waals surface area contributed by atoms with E-state index in [1.807, 2.05) is 0 Å². The maximum atomic E-state index is 12.1. The maximum Gasteiger partial charge on any atom is 0.244 e. The van der Waals surface area contributed by atoms with E-state index in [9.17, 15) is 4.79 Å². The molecule has 11 nitrogen and oxygen atoms in total. The van der Waals surface area contributed by atoms with Crippen LogP contribution in [0.3, 0.4) is 0 Å². The molecule has 3 rings (SSSR count). The van der Waals surface area contributed by atoms with Crippen LogP contribution in [0, 0.1) is 0 Å². The van der Waals surface area contributed by atoms with Gasteiger partial charge >= 0.3 is 0 Å². The van der Waals surface area contributed by atoms with Crippen molar-refractivity contribution >= 4 is 11.7 Å². The number of hydrogen-bond donors (Lipinski definition) is 1. The number of carbonyl (C=O) groups excluding carboxylic acids is 1. The molecule has 0 bridgehead atoms. The first-order valence-electron chi connectivity index (χ1n) is 5.96. The molecular weight excluding hydrogens is 268 g/mol. The molecule has 1 amide bonds. The molecule has 3 heterocycles. The Labute approximate surface area is 112 Å². The zero-order valence-corrected chi connectivity index (χ0v) is 10.5. The lowest BCUT2D eigenvalue weighted by Crippen LogP contribution is -2.42. The Morgan fingerprint density at radius 3 is 2.80 bits per heavy atom. The second-order valence-electron chi connectivity index (χ2n) is 4.15. The van der Waals surface area contributed by atoms with Crippen molar-refractivity contribution in [1.29, 1.82) is 0 Å². The van der Waals surface area contributed by atoms with Crippen LogP contribution in [0.5, 0.6) is 0 Å². The topological polar surface area (TPSA) is 138 Å². The van der Waals surface area contributed by atoms with E-state index in [4.69, 9.17) is 10.5 Å². The van der Waals surface area contributed by atoms with Crippen molar-refractivity contribution in [3.63, 3.8) is 0 Å². The Kier molecular flexibility index (Phi) is 3.25. The fourth-order valence-corrected chi connectivity index (χ4v) is 1.87. The molecule has 0 atom stereocenters. The zero-order chi connectivity index (χ0) is 13.9. The number of rotatable bonds is 3. The average Bonchev–Trinajstić information content (AvgIpc) is 3.08. The third kappa shape index (κ3) is 2.30. The highest BCUT2D eigenvalue weighted by atomic mass is 16.6. The van der Waals surface area contributed by atoms with E-state index in [0.717, 1.165) is 0 Å². The second kappa shape index (κ2) is 5.21. The van der Waals surface area contributed by atoms with Crippen LogP contribution >= 0.6 is 0 Å². The zero-order valence-electron chi connectivity index (χ0n) is 10.5. The normalized spacial score (nSPS) is 15.5. The van der Waals surface area contributed by atoms with Crippen molar-refractivity contribution in [2.24, 2.45) is 0 Å². The van der Waals surface area contributed by atoms with Crippen molar-refractivity contribution in [3.05, 3.63) is 0 Å². The first-order valence-corrected chi connectivity index (χ1v) is 5.96. The number of morpholine rings is 1. The SMILES string of the molecule is Nc1nonc1-c1nnnn1CC(=O)N1CCOCC1. The van der Waals surface area contributed by atoms with Gasteiger partial charge in [0.15, 0.2) is 11.5 Å². The van der Waals surface area contributed by atoms with Gasteiger partial charge in [-0.1, -0.05) is 0 Å². The van der Waals surface area contributed by atoms with Crippen LogP contribution in [0.1, 0.15) is 0 Å². The van der Waals surface area contributed by atoms with Crippen LogP contribution in [0.15, 0.2) is 4.63 Å². The summed E-state index contributed by atoms with van der Waals surface area (Å²) in [6.07, 6.45) is 0. The number of hydrogen-bond acceptors (Lipinski definition) is 9. The van der Waals surface area contributed by atoms with Gasteiger partial charge in [0.2, 0.25) is 11.7 Å². The van der Waals surface area contributed by atoms with Gasteiger partial charge < -0.3 is 15.4 Å². The van der Waals surface area contributed by atoms with E-state index >= 15 is 0 Å². The summed E-state index contributed by atoms with van der Waals surface area (Å²) in [5.74, 6) is 0.210. The summed E-state index contributed by atoms with van der Waals surface area (Å²) in [5.41, 5.74) is 5.80. The molecule has 2 N–H and O–H groups in total. The summed E-state index contributed by atoms with van der Waals surface area (Å²) < 4.78 is 11.0. The molecule has 2 aromatic heterocycles. The molecule has 0 unspecified atom stereocenters. The second-order valence-corrected chi connectivity index (χ2v) is 4.15. The third-order valence-corrected chi connectivity index (χ3v) is 2.91. The minimum Gasteiger partial charge on any atom is -0.379 e. The lowest BCUT2D eigenvalue weighted by molar-refractivity contribution is -0.136. The van der Waals surface area contributed by atoms with Gasteiger partial charge in [-0.2, -0.15) is 0 Å². The van der Waals surface area contributed by atoms with E-state index in [2.05, 4.69) is 30.5 Å². The van der Waals surface area contributed by atoms with Gasteiger partial charge in [-0.25, -0.2) is 9.31 Å². The molecule has 20 heavy (non-hydrogen) atoms. The van der Waals surface area contributed by atoms with Crippen molar-refractivity contribution in [1.82, 2.24) is 35.4 Å². The summed E-state index contributed by atoms with van der Waals surface area (Å²) in [7, 11) is 0. The molecule has 2 aromatic rings. The predicted molar refractivity (Wildman–Crippen MR) is 62.9 cm³/mol. The van der Waals surface area contributed by atoms with Crippen LogP contribution in [-0.2, 0) is 16.1 Å². The fourth-order valence-electron chi connectivity index (χ4n) is 1.87. The number of aromatic nitrogens is 6. The van der Waals surface area contributed by atoms with Gasteiger partial charge in [-0.3, -0.25) is 4.79 Å². The smallest absolute Gasteiger partial charge is 0.244 e. The molecule has 0 radical (unpaired) electrons. The Bertz CT molecular complexity index is 602. The Morgan fingerprint density at radius 2 is 2.10 bits per heavy atom. The van der Waals surface area contributed by atoms with Crippen LogP contribution in [0.4, 0.5) is 5.82 Å². The molecule has 0 spiro atoms. The lowest BCUT2D eigenvalue weighted by Gasteiger charge is -2.26. The highest BCUT2D eigenvalue weighted by molar-refractivity contribution is 5.76. The molecule has 1 aliphatic heterocycles. The highest BCUT2D eigenvalue weighted by Gasteiger charge is 2.22. The Balaban J connectivity index is 1.77. The number of nitrogen functional groups attached to an aromatic ring is 1. The Hall–Kier alpha value is -2.56. The minimum atomic E-state index is -0.100. The van der Waals surface area contributed by atoms with E-state index in [-0.39, 0.29) is 29.8 Å². The standard InChI is InChI=1S/C9H12N8O3/c10-8-7(12-20-13-8)9-11-14-15-17(9)5-6(18)16-1-3-19-4-2-16/h1-5H2,(H2,10,13). The van der Waals surface area contributed by atoms with Crippen molar-refractivity contribution in [2.75, 3.05) is 32.0 Å². The van der Waals surface area contributed by atoms with Gasteiger partial charge in [-0.15, -0.1) is 5.10 Å². The number of nitrogens with two attached hydrogens (primary N) is 1. The summed E-state index contributed by atoms with van der Waals surface area (Å²) in [6, 6.07) is 0. The van der Waals surface area contributed by atoms with Crippen LogP contribution in [0.2, 0.25) is 0 Å². The molecule has 0 aromatic carbocycles. The quantitative estimate of drug-likeness (QED) is 0.687. The van der Waals surface area contributed by atoms with Gasteiger partial charge in [0.25, 0.3) is 0 Å². The van der Waals surface area contributed by atoms with Gasteiger partial charge in [-0.05, 0) is 20.7 Å². The number of carbonyl (C=O) groups is 1. The third-order valence-electron chi connectivity index (χ3n) is 2.91. The highest BCUT2D eigenvalue weighted by Crippen LogP contribution is 2.18.